The van der Waals surface area contributed by atoms with Crippen LogP contribution in [0.3, 0.4) is 0 Å². The number of hydrogen-bond donors (Lipinski definition) is 6. The van der Waals surface area contributed by atoms with Gasteiger partial charge in [0.1, 0.15) is 16.3 Å². The molecule has 5 rings (SSSR count). The van der Waals surface area contributed by atoms with Gasteiger partial charge in [0.05, 0.1) is 28.6 Å². The molecule has 0 unspecified atom stereocenters. The normalized spacial score (nSPS) is 12.4. The lowest BCUT2D eigenvalue weighted by Gasteiger charge is -2.11. The molecule has 1 heterocycles. The Morgan fingerprint density at radius 2 is 1.41 bits per heavy atom. The number of aromatic hydroxyl groups is 1. The second-order valence-electron chi connectivity index (χ2n) is 9.83. The number of anilines is 5. The Morgan fingerprint density at radius 3 is 1.98 bits per heavy atom. The summed E-state index contributed by atoms with van der Waals surface area (Å²) in [4.78, 5) is 10.4. The summed E-state index contributed by atoms with van der Waals surface area (Å²) in [5, 5.41) is 24.0. The summed E-state index contributed by atoms with van der Waals surface area (Å²) < 4.78 is 107. The lowest BCUT2D eigenvalue weighted by molar-refractivity contribution is 0.284. The molecule has 4 aromatic carbocycles. The van der Waals surface area contributed by atoms with Crippen LogP contribution in [0.1, 0.15) is 0 Å². The third-order valence-electron chi connectivity index (χ3n) is 6.45. The minimum Gasteiger partial charge on any atom is -0.507 e. The van der Waals surface area contributed by atoms with E-state index in [1.54, 1.807) is 0 Å². The maximum absolute atomic E-state index is 14.2. The molecule has 256 valence electrons. The summed E-state index contributed by atoms with van der Waals surface area (Å²) in [6.45, 7) is -0.793. The summed E-state index contributed by atoms with van der Waals surface area (Å²) >= 11 is 0. The van der Waals surface area contributed by atoms with Crippen LogP contribution in [0.2, 0.25) is 0 Å². The second-order valence-corrected chi connectivity index (χ2v) is 14.4. The smallest absolute Gasteiger partial charge is 0.397 e. The third-order valence-corrected chi connectivity index (χ3v) is 9.47. The number of phenolic OH excluding ortho intramolecular Hbond substituents is 1. The largest absolute Gasteiger partial charge is 0.507 e. The number of nitrogens with zero attached hydrogens (tertiary/aromatic N) is 5. The topological polar surface area (TPSA) is 286 Å². The fraction of sp³-hybridized carbons (Fsp3) is 0.0741. The van der Waals surface area contributed by atoms with Crippen molar-refractivity contribution < 1.29 is 48.0 Å². The van der Waals surface area contributed by atoms with Crippen LogP contribution in [-0.4, -0.2) is 66.8 Å². The van der Waals surface area contributed by atoms with Gasteiger partial charge in [-0.3, -0.25) is 9.11 Å². The van der Waals surface area contributed by atoms with Gasteiger partial charge in [0, 0.05) is 16.8 Å². The molecule has 0 saturated heterocycles. The number of benzene rings is 4. The maximum Gasteiger partial charge on any atom is 0.397 e. The van der Waals surface area contributed by atoms with E-state index in [0.717, 1.165) is 6.07 Å². The standard InChI is InChI=1S/C27H23FN8O10S3/c28-25-32-26(34-27(33-25)31-17-8-10-19(11-9-17)47(38,39)13-12-46-49(43,44)45)30-16-4-6-18(7-5-16)35-36-24-21(48(40,41)42)14-15-2-1-3-20(37)22(15)23(24)29/h1-11,14,37H,12-13,29H2,(H,40,41,42)(H,43,44,45)(H2,30,31,32,33,34). The highest BCUT2D eigenvalue weighted by atomic mass is 32.3. The molecule has 0 saturated carbocycles. The van der Waals surface area contributed by atoms with E-state index in [9.17, 15) is 39.3 Å². The van der Waals surface area contributed by atoms with E-state index < -0.39 is 53.7 Å². The Labute approximate surface area is 277 Å². The molecular formula is C27H23FN8O10S3. The van der Waals surface area contributed by atoms with Gasteiger partial charge in [0.2, 0.25) is 11.9 Å². The summed E-state index contributed by atoms with van der Waals surface area (Å²) in [5.41, 5.74) is 6.33. The van der Waals surface area contributed by atoms with Gasteiger partial charge in [-0.2, -0.15) is 41.3 Å². The summed E-state index contributed by atoms with van der Waals surface area (Å²) in [6, 6.07) is 16.4. The van der Waals surface area contributed by atoms with Crippen molar-refractivity contribution in [3.63, 3.8) is 0 Å². The third kappa shape index (κ3) is 8.75. The highest BCUT2D eigenvalue weighted by molar-refractivity contribution is 7.91. The van der Waals surface area contributed by atoms with Crippen LogP contribution < -0.4 is 16.4 Å². The second kappa shape index (κ2) is 13.6. The van der Waals surface area contributed by atoms with Crippen molar-refractivity contribution in [1.82, 2.24) is 15.0 Å². The zero-order valence-electron chi connectivity index (χ0n) is 24.5. The first-order valence-electron chi connectivity index (χ1n) is 13.4. The minimum absolute atomic E-state index is 0.119. The number of nitrogens with one attached hydrogen (secondary N) is 2. The number of nitrogen functional groups attached to an aromatic ring is 1. The number of hydrogen-bond acceptors (Lipinski definition) is 16. The number of aromatic nitrogens is 3. The molecule has 0 atom stereocenters. The van der Waals surface area contributed by atoms with Gasteiger partial charge in [-0.05, 0) is 66.0 Å². The van der Waals surface area contributed by atoms with Gasteiger partial charge in [0.15, 0.2) is 9.84 Å². The Kier molecular flexibility index (Phi) is 9.71. The molecule has 1 aromatic heterocycles. The van der Waals surface area contributed by atoms with Gasteiger partial charge in [-0.25, -0.2) is 12.6 Å². The molecule has 0 radical (unpaired) electrons. The summed E-state index contributed by atoms with van der Waals surface area (Å²) in [5.74, 6) is -1.42. The molecule has 7 N–H and O–H groups in total. The van der Waals surface area contributed by atoms with Crippen molar-refractivity contribution in [2.75, 3.05) is 28.7 Å². The predicted molar refractivity (Wildman–Crippen MR) is 173 cm³/mol. The van der Waals surface area contributed by atoms with Crippen LogP contribution in [0.15, 0.2) is 92.8 Å². The fourth-order valence-corrected chi connectivity index (χ4v) is 6.44. The summed E-state index contributed by atoms with van der Waals surface area (Å²) in [6.07, 6.45) is -1.16. The number of nitrogens with two attached hydrogens (primary N) is 1. The molecule has 22 heteroatoms. The highest BCUT2D eigenvalue weighted by Crippen LogP contribution is 2.41. The first-order chi connectivity index (χ1) is 23.0. The van der Waals surface area contributed by atoms with E-state index in [1.165, 1.54) is 66.7 Å². The van der Waals surface area contributed by atoms with E-state index >= 15 is 0 Å². The van der Waals surface area contributed by atoms with Crippen LogP contribution >= 0.6 is 0 Å². The van der Waals surface area contributed by atoms with E-state index in [1.807, 2.05) is 0 Å². The Balaban J connectivity index is 1.29. The molecule has 0 aliphatic heterocycles. The van der Waals surface area contributed by atoms with Gasteiger partial charge in [-0.15, -0.1) is 5.11 Å². The molecule has 0 aliphatic rings. The Bertz CT molecular complexity index is 2410. The van der Waals surface area contributed by atoms with E-state index in [4.69, 9.17) is 10.3 Å². The first-order valence-corrected chi connectivity index (χ1v) is 17.9. The SMILES string of the molecule is Nc1c(N=Nc2ccc(Nc3nc(F)nc(Nc4ccc(S(=O)(=O)CCOS(=O)(=O)O)cc4)n3)cc2)c(S(=O)(=O)O)cc2cccc(O)c12. The molecule has 5 aromatic rings. The summed E-state index contributed by atoms with van der Waals surface area (Å²) in [7, 11) is -13.5. The van der Waals surface area contributed by atoms with Crippen molar-refractivity contribution in [3.8, 4) is 5.75 Å². The maximum atomic E-state index is 14.2. The van der Waals surface area contributed by atoms with Crippen molar-refractivity contribution >= 4 is 81.5 Å². The molecule has 49 heavy (non-hydrogen) atoms. The number of halogens is 1. The molecule has 0 aliphatic carbocycles. The van der Waals surface area contributed by atoms with E-state index in [-0.39, 0.29) is 56.1 Å². The number of azo groups is 1. The van der Waals surface area contributed by atoms with Crippen molar-refractivity contribution in [3.05, 3.63) is 78.9 Å². The van der Waals surface area contributed by atoms with Crippen LogP contribution in [0.4, 0.5) is 44.7 Å². The molecular weight excluding hydrogens is 712 g/mol. The monoisotopic (exact) mass is 734 g/mol. The van der Waals surface area contributed by atoms with Crippen molar-refractivity contribution in [1.29, 1.82) is 0 Å². The zero-order valence-corrected chi connectivity index (χ0v) is 26.9. The van der Waals surface area contributed by atoms with E-state index in [0.29, 0.717) is 5.69 Å². The number of rotatable bonds is 12. The molecule has 0 fully saturated rings. The zero-order chi connectivity index (χ0) is 35.6. The Hall–Kier alpha value is -5.39. The fourth-order valence-electron chi connectivity index (χ4n) is 4.28. The van der Waals surface area contributed by atoms with Crippen LogP contribution in [0, 0.1) is 6.08 Å². The quantitative estimate of drug-likeness (QED) is 0.0595. The van der Waals surface area contributed by atoms with Gasteiger partial charge < -0.3 is 21.5 Å². The van der Waals surface area contributed by atoms with Crippen molar-refractivity contribution in [2.24, 2.45) is 10.2 Å². The lowest BCUT2D eigenvalue weighted by Crippen LogP contribution is -2.15. The van der Waals surface area contributed by atoms with Gasteiger partial charge >= 0.3 is 16.5 Å². The molecule has 0 spiro atoms. The number of phenols is 1. The minimum atomic E-state index is -4.80. The Morgan fingerprint density at radius 1 is 0.816 bits per heavy atom. The van der Waals surface area contributed by atoms with Gasteiger partial charge in [-0.1, -0.05) is 12.1 Å². The van der Waals surface area contributed by atoms with E-state index in [2.05, 4.69) is 40.0 Å². The average Bonchev–Trinajstić information content (AvgIpc) is 3.00. The lowest BCUT2D eigenvalue weighted by atomic mass is 10.1. The first kappa shape index (κ1) is 34.9. The van der Waals surface area contributed by atoms with Gasteiger partial charge in [0.25, 0.3) is 10.1 Å². The van der Waals surface area contributed by atoms with Crippen LogP contribution in [0.5, 0.6) is 5.75 Å². The average molecular weight is 735 g/mol. The molecule has 18 nitrogen and oxygen atoms in total. The predicted octanol–water partition coefficient (Wildman–Crippen LogP) is 4.19. The van der Waals surface area contributed by atoms with Crippen molar-refractivity contribution in [2.45, 2.75) is 9.79 Å². The molecule has 0 amide bonds. The van der Waals surface area contributed by atoms with Crippen LogP contribution in [0.25, 0.3) is 10.8 Å². The number of fused-ring (bicyclic) bond motifs is 1. The van der Waals surface area contributed by atoms with Crippen LogP contribution in [-0.2, 0) is 34.5 Å². The molecule has 0 bridgehead atoms. The highest BCUT2D eigenvalue weighted by Gasteiger charge is 2.22. The number of sulfone groups is 1.